The predicted octanol–water partition coefficient (Wildman–Crippen LogP) is 4.98. The monoisotopic (exact) mass is 823 g/mol. The number of ether oxygens (including phenoxy) is 2. The van der Waals surface area contributed by atoms with Crippen LogP contribution >= 0.6 is 0 Å². The fourth-order valence-corrected chi connectivity index (χ4v) is 9.13. The highest BCUT2D eigenvalue weighted by molar-refractivity contribution is 5.77. The SMILES string of the molecule is CC.CC.CC.CC(=O)NCC1CC2(CCN(CCN3CCN(C)CC3)CC2)CO1.CCN1CCN(CCCN2CCC3(CC2)COC(CNC(=O)C(C)C)C3)CC1. The number of amides is 2. The molecule has 58 heavy (non-hydrogen) atoms. The number of likely N-dealkylation sites (N-methyl/N-ethyl adjacent to an activating group) is 2. The van der Waals surface area contributed by atoms with Crippen LogP contribution in [0.5, 0.6) is 0 Å². The molecule has 2 unspecified atom stereocenters. The Balaban J connectivity index is 0.000000358. The number of rotatable bonds is 13. The summed E-state index contributed by atoms with van der Waals surface area (Å²) in [4.78, 5) is 38.3. The fourth-order valence-electron chi connectivity index (χ4n) is 9.13. The molecule has 6 heterocycles. The van der Waals surface area contributed by atoms with Gasteiger partial charge in [-0.3, -0.25) is 14.5 Å². The van der Waals surface area contributed by atoms with Crippen LogP contribution in [0.2, 0.25) is 0 Å². The number of hydrogen-bond donors (Lipinski definition) is 2. The van der Waals surface area contributed by atoms with Gasteiger partial charge in [-0.1, -0.05) is 62.3 Å². The maximum Gasteiger partial charge on any atom is 0.222 e. The van der Waals surface area contributed by atoms with Crippen LogP contribution in [-0.2, 0) is 19.1 Å². The molecule has 6 aliphatic rings. The lowest BCUT2D eigenvalue weighted by atomic mass is 9.76. The van der Waals surface area contributed by atoms with Crippen LogP contribution in [0, 0.1) is 16.7 Å². The van der Waals surface area contributed by atoms with Gasteiger partial charge in [0.1, 0.15) is 0 Å². The molecule has 0 aromatic rings. The van der Waals surface area contributed by atoms with Crippen molar-refractivity contribution in [2.75, 3.05) is 145 Å². The van der Waals surface area contributed by atoms with Crippen molar-refractivity contribution < 1.29 is 19.1 Å². The van der Waals surface area contributed by atoms with Gasteiger partial charge in [0.05, 0.1) is 25.4 Å². The second kappa shape index (κ2) is 29.0. The van der Waals surface area contributed by atoms with Crippen LogP contribution in [-0.4, -0.2) is 198 Å². The molecule has 0 aromatic heterocycles. The number of nitrogens with zero attached hydrogens (tertiary/aromatic N) is 6. The molecule has 2 spiro atoms. The van der Waals surface area contributed by atoms with E-state index >= 15 is 0 Å². The number of nitrogens with one attached hydrogen (secondary N) is 2. The van der Waals surface area contributed by atoms with Gasteiger partial charge in [0, 0.05) is 91.4 Å². The van der Waals surface area contributed by atoms with E-state index in [0.29, 0.717) is 23.9 Å². The second-order valence-electron chi connectivity index (χ2n) is 17.6. The molecule has 0 saturated carbocycles. The Morgan fingerprint density at radius 1 is 0.586 bits per heavy atom. The molecule has 6 rings (SSSR count). The standard InChI is InChI=1S/C22H42N4O2.C18H34N4O2.3C2H6/c1-4-24-12-14-26(15-13-24)9-5-8-25-10-6-22(7-11-25)16-20(28-18-22)17-23-21(27)19(2)3;1-16(23)19-14-17-13-18(15-24-17)3-5-21(6-4-18)11-12-22-9-7-20(2)8-10-22;3*1-2/h19-20H,4-18H2,1-3H3,(H,23,27);17H,3-15H2,1-2H3,(H,19,23);3*1-2H3. The average molecular weight is 823 g/mol. The van der Waals surface area contributed by atoms with Crippen LogP contribution in [0.4, 0.5) is 0 Å². The van der Waals surface area contributed by atoms with Crippen molar-refractivity contribution in [1.82, 2.24) is 40.0 Å². The Morgan fingerprint density at radius 3 is 1.40 bits per heavy atom. The van der Waals surface area contributed by atoms with E-state index in [1.165, 1.54) is 143 Å². The molecule has 0 bridgehead atoms. The number of hydrogen-bond acceptors (Lipinski definition) is 10. The first-order chi connectivity index (χ1) is 28.0. The maximum atomic E-state index is 11.8. The second-order valence-corrected chi connectivity index (χ2v) is 17.6. The number of piperazine rings is 2. The maximum absolute atomic E-state index is 11.8. The quantitative estimate of drug-likeness (QED) is 0.265. The van der Waals surface area contributed by atoms with E-state index in [4.69, 9.17) is 9.47 Å². The molecule has 0 aromatic carbocycles. The number of carbonyl (C=O) groups is 2. The average Bonchev–Trinajstić information content (AvgIpc) is 3.86. The van der Waals surface area contributed by atoms with Gasteiger partial charge in [-0.25, -0.2) is 0 Å². The summed E-state index contributed by atoms with van der Waals surface area (Å²) in [5.41, 5.74) is 0.730. The number of likely N-dealkylation sites (tertiary alicyclic amines) is 2. The zero-order chi connectivity index (χ0) is 43.0. The lowest BCUT2D eigenvalue weighted by Crippen LogP contribution is -2.48. The van der Waals surface area contributed by atoms with Crippen LogP contribution in [0.25, 0.3) is 0 Å². The molecule has 6 aliphatic heterocycles. The molecule has 6 fully saturated rings. The molecule has 2 N–H and O–H groups in total. The summed E-state index contributed by atoms with van der Waals surface area (Å²) in [5, 5.41) is 5.93. The van der Waals surface area contributed by atoms with Crippen LogP contribution in [0.1, 0.15) is 114 Å². The largest absolute Gasteiger partial charge is 0.376 e. The van der Waals surface area contributed by atoms with Crippen molar-refractivity contribution in [3.8, 4) is 0 Å². The van der Waals surface area contributed by atoms with E-state index in [9.17, 15) is 9.59 Å². The molecule has 12 heteroatoms. The number of carbonyl (C=O) groups excluding carboxylic acids is 2. The van der Waals surface area contributed by atoms with Crippen molar-refractivity contribution in [2.24, 2.45) is 16.7 Å². The Bertz CT molecular complexity index is 1070. The lowest BCUT2D eigenvalue weighted by Gasteiger charge is -2.40. The van der Waals surface area contributed by atoms with E-state index < -0.39 is 0 Å². The van der Waals surface area contributed by atoms with Gasteiger partial charge in [0.15, 0.2) is 0 Å². The minimum Gasteiger partial charge on any atom is -0.376 e. The molecule has 6 saturated heterocycles. The van der Waals surface area contributed by atoms with Gasteiger partial charge < -0.3 is 44.6 Å². The van der Waals surface area contributed by atoms with Crippen molar-refractivity contribution in [2.45, 2.75) is 126 Å². The molecule has 2 amide bonds. The van der Waals surface area contributed by atoms with E-state index in [1.54, 1.807) is 6.92 Å². The first-order valence-corrected chi connectivity index (χ1v) is 24.1. The topological polar surface area (TPSA) is 96.1 Å². The Labute approximate surface area is 357 Å². The summed E-state index contributed by atoms with van der Waals surface area (Å²) in [6, 6.07) is 0. The summed E-state index contributed by atoms with van der Waals surface area (Å²) < 4.78 is 12.0. The highest BCUT2D eigenvalue weighted by Crippen LogP contribution is 2.42. The minimum atomic E-state index is 0.0401. The molecular weight excluding hydrogens is 729 g/mol. The Hall–Kier alpha value is -1.38. The van der Waals surface area contributed by atoms with E-state index in [1.807, 2.05) is 55.4 Å². The van der Waals surface area contributed by atoms with E-state index in [0.717, 1.165) is 26.1 Å². The van der Waals surface area contributed by atoms with Crippen LogP contribution in [0.15, 0.2) is 0 Å². The zero-order valence-electron chi connectivity index (χ0n) is 39.8. The Kier molecular flexibility index (Phi) is 26.4. The zero-order valence-corrected chi connectivity index (χ0v) is 39.8. The fraction of sp³-hybridized carbons (Fsp3) is 0.957. The summed E-state index contributed by atoms with van der Waals surface area (Å²) in [6.45, 7) is 43.5. The molecule has 2 atom stereocenters. The highest BCUT2D eigenvalue weighted by atomic mass is 16.5. The van der Waals surface area contributed by atoms with Crippen molar-refractivity contribution in [3.63, 3.8) is 0 Å². The third kappa shape index (κ3) is 18.7. The third-order valence-corrected chi connectivity index (χ3v) is 13.2. The highest BCUT2D eigenvalue weighted by Gasteiger charge is 2.43. The third-order valence-electron chi connectivity index (χ3n) is 13.2. The van der Waals surface area contributed by atoms with Gasteiger partial charge >= 0.3 is 0 Å². The van der Waals surface area contributed by atoms with E-state index in [2.05, 4.69) is 54.0 Å². The van der Waals surface area contributed by atoms with Crippen molar-refractivity contribution >= 4 is 11.8 Å². The smallest absolute Gasteiger partial charge is 0.222 e. The number of piperidine rings is 2. The van der Waals surface area contributed by atoms with Crippen LogP contribution < -0.4 is 10.6 Å². The van der Waals surface area contributed by atoms with Crippen molar-refractivity contribution in [3.05, 3.63) is 0 Å². The summed E-state index contributed by atoms with van der Waals surface area (Å²) in [6.07, 6.45) is 8.91. The van der Waals surface area contributed by atoms with E-state index in [-0.39, 0.29) is 29.9 Å². The van der Waals surface area contributed by atoms with Gasteiger partial charge in [-0.05, 0) is 109 Å². The summed E-state index contributed by atoms with van der Waals surface area (Å²) >= 11 is 0. The molecule has 12 nitrogen and oxygen atoms in total. The summed E-state index contributed by atoms with van der Waals surface area (Å²) in [7, 11) is 2.21. The van der Waals surface area contributed by atoms with Crippen molar-refractivity contribution in [1.29, 1.82) is 0 Å². The molecule has 0 aliphatic carbocycles. The molecular formula is C46H94N8O4. The first-order valence-electron chi connectivity index (χ1n) is 24.1. The normalized spacial score (nSPS) is 25.4. The molecule has 342 valence electrons. The van der Waals surface area contributed by atoms with Gasteiger partial charge in [-0.15, -0.1) is 0 Å². The first kappa shape index (κ1) is 52.8. The Morgan fingerprint density at radius 2 is 0.966 bits per heavy atom. The van der Waals surface area contributed by atoms with Gasteiger partial charge in [-0.2, -0.15) is 0 Å². The minimum absolute atomic E-state index is 0.0401. The lowest BCUT2D eigenvalue weighted by molar-refractivity contribution is -0.124. The van der Waals surface area contributed by atoms with Gasteiger partial charge in [0.2, 0.25) is 11.8 Å². The summed E-state index contributed by atoms with van der Waals surface area (Å²) in [5.74, 6) is 0.225. The van der Waals surface area contributed by atoms with Gasteiger partial charge in [0.25, 0.3) is 0 Å². The predicted molar refractivity (Wildman–Crippen MR) is 243 cm³/mol. The molecule has 0 radical (unpaired) electrons. The van der Waals surface area contributed by atoms with Crippen LogP contribution in [0.3, 0.4) is 0 Å².